The smallest absolute Gasteiger partial charge is 0.416 e. The first-order chi connectivity index (χ1) is 17.9. The van der Waals surface area contributed by atoms with E-state index < -0.39 is 44.2 Å². The number of rotatable bonds is 7. The first-order valence-electron chi connectivity index (χ1n) is 10.5. The van der Waals surface area contributed by atoms with Gasteiger partial charge in [0.2, 0.25) is 5.75 Å². The number of nitro benzene ring substituents is 2. The van der Waals surface area contributed by atoms with Gasteiger partial charge in [-0.05, 0) is 53.2 Å². The number of benzene rings is 3. The summed E-state index contributed by atoms with van der Waals surface area (Å²) in [4.78, 5) is 46.8. The van der Waals surface area contributed by atoms with E-state index in [0.29, 0.717) is 35.0 Å². The summed E-state index contributed by atoms with van der Waals surface area (Å²) in [5.74, 6) is -0.894. The van der Waals surface area contributed by atoms with Gasteiger partial charge in [-0.25, -0.2) is 0 Å². The predicted molar refractivity (Wildman–Crippen MR) is 129 cm³/mol. The fraction of sp³-hybridized carbons (Fsp3) is 0.0833. The molecular weight excluding hydrogens is 531 g/mol. The topological polar surface area (TPSA) is 133 Å². The summed E-state index contributed by atoms with van der Waals surface area (Å²) < 4.78 is 44.1. The van der Waals surface area contributed by atoms with Gasteiger partial charge < -0.3 is 4.74 Å². The molecule has 3 aromatic rings. The molecule has 0 bridgehead atoms. The number of amides is 2. The fourth-order valence-corrected chi connectivity index (χ4v) is 4.26. The SMILES string of the molecule is O=C1S/C(=C\c2ccc(Oc3ccc(C(F)(F)F)cc3[N+](=O)[O-])cc2)C(=O)N1Cc1cccc([N+](=O)[O-])c1. The van der Waals surface area contributed by atoms with Crippen molar-refractivity contribution in [2.24, 2.45) is 0 Å². The number of carbonyl (C=O) groups is 2. The molecule has 38 heavy (non-hydrogen) atoms. The van der Waals surface area contributed by atoms with Crippen LogP contribution in [0.3, 0.4) is 0 Å². The molecule has 0 saturated carbocycles. The molecule has 1 aliphatic rings. The molecule has 0 N–H and O–H groups in total. The van der Waals surface area contributed by atoms with Gasteiger partial charge in [0.1, 0.15) is 5.75 Å². The van der Waals surface area contributed by atoms with Gasteiger partial charge in [0, 0.05) is 18.2 Å². The molecule has 0 aliphatic carbocycles. The second-order valence-corrected chi connectivity index (χ2v) is 8.80. The Morgan fingerprint density at radius 2 is 1.66 bits per heavy atom. The first kappa shape index (κ1) is 26.3. The van der Waals surface area contributed by atoms with Crippen LogP contribution in [0.25, 0.3) is 6.08 Å². The number of carbonyl (C=O) groups excluding carboxylic acids is 2. The third-order valence-electron chi connectivity index (χ3n) is 5.22. The average Bonchev–Trinajstić information content (AvgIpc) is 3.12. The number of halogens is 3. The summed E-state index contributed by atoms with van der Waals surface area (Å²) in [6.07, 6.45) is -3.33. The molecule has 14 heteroatoms. The lowest BCUT2D eigenvalue weighted by molar-refractivity contribution is -0.385. The number of nitrogens with zero attached hydrogens (tertiary/aromatic N) is 3. The van der Waals surface area contributed by atoms with Crippen LogP contribution in [-0.2, 0) is 17.5 Å². The minimum atomic E-state index is -4.76. The maximum Gasteiger partial charge on any atom is 0.416 e. The number of alkyl halides is 3. The molecule has 1 heterocycles. The Morgan fingerprint density at radius 1 is 0.947 bits per heavy atom. The molecule has 1 fully saturated rings. The van der Waals surface area contributed by atoms with Crippen molar-refractivity contribution in [1.82, 2.24) is 4.90 Å². The molecule has 0 spiro atoms. The minimum Gasteiger partial charge on any atom is -0.450 e. The van der Waals surface area contributed by atoms with Crippen molar-refractivity contribution in [1.29, 1.82) is 0 Å². The van der Waals surface area contributed by atoms with Crippen molar-refractivity contribution in [3.63, 3.8) is 0 Å². The largest absolute Gasteiger partial charge is 0.450 e. The quantitative estimate of drug-likeness (QED) is 0.185. The highest BCUT2D eigenvalue weighted by atomic mass is 32.2. The van der Waals surface area contributed by atoms with Gasteiger partial charge in [-0.3, -0.25) is 34.7 Å². The Morgan fingerprint density at radius 3 is 2.29 bits per heavy atom. The summed E-state index contributed by atoms with van der Waals surface area (Å²) in [5, 5.41) is 21.6. The van der Waals surface area contributed by atoms with E-state index in [0.717, 1.165) is 11.0 Å². The second kappa shape index (κ2) is 10.3. The van der Waals surface area contributed by atoms with Crippen LogP contribution in [0.15, 0.2) is 71.6 Å². The monoisotopic (exact) mass is 545 g/mol. The molecule has 3 aromatic carbocycles. The summed E-state index contributed by atoms with van der Waals surface area (Å²) >= 11 is 0.688. The third kappa shape index (κ3) is 5.81. The molecule has 0 aromatic heterocycles. The van der Waals surface area contributed by atoms with Crippen LogP contribution in [0, 0.1) is 20.2 Å². The van der Waals surface area contributed by atoms with E-state index in [1.165, 1.54) is 48.5 Å². The summed E-state index contributed by atoms with van der Waals surface area (Å²) in [5.41, 5.74) is -1.34. The lowest BCUT2D eigenvalue weighted by atomic mass is 10.1. The van der Waals surface area contributed by atoms with Gasteiger partial charge in [-0.2, -0.15) is 13.2 Å². The molecule has 1 saturated heterocycles. The van der Waals surface area contributed by atoms with E-state index in [-0.39, 0.29) is 22.9 Å². The zero-order chi connectivity index (χ0) is 27.6. The lowest BCUT2D eigenvalue weighted by Gasteiger charge is -2.12. The van der Waals surface area contributed by atoms with Gasteiger partial charge >= 0.3 is 11.9 Å². The second-order valence-electron chi connectivity index (χ2n) is 7.80. The molecule has 0 radical (unpaired) electrons. The van der Waals surface area contributed by atoms with Gasteiger partial charge in [0.25, 0.3) is 16.8 Å². The molecule has 1 aliphatic heterocycles. The van der Waals surface area contributed by atoms with Crippen LogP contribution in [0.5, 0.6) is 11.5 Å². The lowest BCUT2D eigenvalue weighted by Crippen LogP contribution is -2.27. The van der Waals surface area contributed by atoms with Crippen LogP contribution in [0.4, 0.5) is 29.3 Å². The van der Waals surface area contributed by atoms with Crippen molar-refractivity contribution >= 4 is 40.4 Å². The van der Waals surface area contributed by atoms with Gasteiger partial charge in [0.05, 0.1) is 26.9 Å². The number of non-ortho nitro benzene ring substituents is 1. The Labute approximate surface area is 215 Å². The summed E-state index contributed by atoms with van der Waals surface area (Å²) in [7, 11) is 0. The highest BCUT2D eigenvalue weighted by molar-refractivity contribution is 8.18. The normalized spacial score (nSPS) is 14.7. The molecule has 10 nitrogen and oxygen atoms in total. The van der Waals surface area contributed by atoms with Crippen molar-refractivity contribution in [2.75, 3.05) is 0 Å². The van der Waals surface area contributed by atoms with E-state index in [4.69, 9.17) is 4.74 Å². The number of ether oxygens (including phenoxy) is 1. The van der Waals surface area contributed by atoms with Crippen molar-refractivity contribution in [3.05, 3.63) is 109 Å². The van der Waals surface area contributed by atoms with E-state index in [1.54, 1.807) is 6.07 Å². The van der Waals surface area contributed by atoms with Crippen LogP contribution in [0.2, 0.25) is 0 Å². The summed E-state index contributed by atoms with van der Waals surface area (Å²) in [6, 6.07) is 13.2. The molecule has 194 valence electrons. The number of nitro groups is 2. The number of thioether (sulfide) groups is 1. The molecule has 2 amide bonds. The molecular formula is C24H14F3N3O7S. The van der Waals surface area contributed by atoms with Gasteiger partial charge in [-0.15, -0.1) is 0 Å². The van der Waals surface area contributed by atoms with Crippen molar-refractivity contribution in [3.8, 4) is 11.5 Å². The van der Waals surface area contributed by atoms with Crippen molar-refractivity contribution < 1.29 is 37.3 Å². The standard InChI is InChI=1S/C24H14F3N3O7S/c25-24(26,27)16-6-9-20(19(12-16)30(35)36)37-18-7-4-14(5-8-18)11-21-22(31)28(23(32)38-21)13-15-2-1-3-17(10-15)29(33)34/h1-12H,13H2/b21-11-. The highest BCUT2D eigenvalue weighted by Gasteiger charge is 2.35. The average molecular weight is 545 g/mol. The Hall–Kier alpha value is -4.72. The maximum atomic E-state index is 12.9. The van der Waals surface area contributed by atoms with Gasteiger partial charge in [0.15, 0.2) is 0 Å². The van der Waals surface area contributed by atoms with Crippen molar-refractivity contribution in [2.45, 2.75) is 12.7 Å². The fourth-order valence-electron chi connectivity index (χ4n) is 3.42. The first-order valence-corrected chi connectivity index (χ1v) is 11.4. The number of hydrogen-bond donors (Lipinski definition) is 0. The van der Waals surface area contributed by atoms with Crippen LogP contribution in [-0.4, -0.2) is 25.9 Å². The van der Waals surface area contributed by atoms with E-state index in [9.17, 15) is 43.0 Å². The number of imide groups is 1. The third-order valence-corrected chi connectivity index (χ3v) is 6.13. The molecule has 4 rings (SSSR count). The molecule has 0 atom stereocenters. The predicted octanol–water partition coefficient (Wildman–Crippen LogP) is 6.55. The summed E-state index contributed by atoms with van der Waals surface area (Å²) in [6.45, 7) is -0.150. The van der Waals surface area contributed by atoms with Crippen LogP contribution in [0.1, 0.15) is 16.7 Å². The Balaban J connectivity index is 1.49. The highest BCUT2D eigenvalue weighted by Crippen LogP contribution is 2.38. The van der Waals surface area contributed by atoms with Crippen LogP contribution >= 0.6 is 11.8 Å². The Kier molecular flexibility index (Phi) is 7.17. The van der Waals surface area contributed by atoms with E-state index >= 15 is 0 Å². The maximum absolute atomic E-state index is 12.9. The zero-order valence-electron chi connectivity index (χ0n) is 18.9. The van der Waals surface area contributed by atoms with Gasteiger partial charge in [-0.1, -0.05) is 24.3 Å². The van der Waals surface area contributed by atoms with Crippen LogP contribution < -0.4 is 4.74 Å². The minimum absolute atomic E-state index is 0.0868. The zero-order valence-corrected chi connectivity index (χ0v) is 19.7. The molecule has 0 unspecified atom stereocenters. The van der Waals surface area contributed by atoms with E-state index in [2.05, 4.69) is 0 Å². The van der Waals surface area contributed by atoms with E-state index in [1.807, 2.05) is 0 Å². The Bertz CT molecular complexity index is 1490. The number of hydrogen-bond acceptors (Lipinski definition) is 8.